The van der Waals surface area contributed by atoms with E-state index >= 15 is 0 Å². The second kappa shape index (κ2) is 13.7. The maximum absolute atomic E-state index is 8.47. The Balaban J connectivity index is 3.18. The van der Waals surface area contributed by atoms with Gasteiger partial charge in [0.15, 0.2) is 5.84 Å². The fourth-order valence-corrected chi connectivity index (χ4v) is 2.26. The summed E-state index contributed by atoms with van der Waals surface area (Å²) < 4.78 is 0. The first-order chi connectivity index (χ1) is 9.20. The standard InChI is InChI=1S/C15H33N3O/c1-3-4-5-6-7-8-9-10-11-12-13-18(2)14-15(16)17-19/h19H,3-14H2,1-2H3,(H2,16,17). The predicted octanol–water partition coefficient (Wildman–Crippen LogP) is 3.59. The minimum absolute atomic E-state index is 0.287. The van der Waals surface area contributed by atoms with E-state index < -0.39 is 0 Å². The first-order valence-corrected chi connectivity index (χ1v) is 7.85. The SMILES string of the molecule is CCCCCCCCCCCCN(C)CC(N)=NO. The molecule has 0 bridgehead atoms. The van der Waals surface area contributed by atoms with Gasteiger partial charge in [0.05, 0.1) is 6.54 Å². The number of amidine groups is 1. The summed E-state index contributed by atoms with van der Waals surface area (Å²) >= 11 is 0. The van der Waals surface area contributed by atoms with Crippen LogP contribution in [0.4, 0.5) is 0 Å². The minimum atomic E-state index is 0.287. The molecule has 114 valence electrons. The van der Waals surface area contributed by atoms with Crippen molar-refractivity contribution in [2.45, 2.75) is 71.1 Å². The Morgan fingerprint density at radius 3 is 1.89 bits per heavy atom. The van der Waals surface area contributed by atoms with Crippen LogP contribution in [0.2, 0.25) is 0 Å². The molecule has 4 heteroatoms. The lowest BCUT2D eigenvalue weighted by molar-refractivity contribution is 0.308. The lowest BCUT2D eigenvalue weighted by atomic mass is 10.1. The normalized spacial score (nSPS) is 12.3. The van der Waals surface area contributed by atoms with Crippen LogP contribution in [0.5, 0.6) is 0 Å². The summed E-state index contributed by atoms with van der Waals surface area (Å²) in [5.74, 6) is 0.287. The zero-order chi connectivity index (χ0) is 14.3. The Morgan fingerprint density at radius 2 is 1.42 bits per heavy atom. The summed E-state index contributed by atoms with van der Waals surface area (Å²) in [6.45, 7) is 3.83. The molecular weight excluding hydrogens is 238 g/mol. The summed E-state index contributed by atoms with van der Waals surface area (Å²) in [5, 5.41) is 11.4. The molecule has 0 radical (unpaired) electrons. The van der Waals surface area contributed by atoms with E-state index in [-0.39, 0.29) is 5.84 Å². The molecule has 19 heavy (non-hydrogen) atoms. The first kappa shape index (κ1) is 18.2. The van der Waals surface area contributed by atoms with Gasteiger partial charge in [-0.25, -0.2) is 0 Å². The van der Waals surface area contributed by atoms with Crippen molar-refractivity contribution in [1.82, 2.24) is 4.90 Å². The van der Waals surface area contributed by atoms with E-state index in [2.05, 4.69) is 17.0 Å². The van der Waals surface area contributed by atoms with Crippen LogP contribution in [0, 0.1) is 0 Å². The third-order valence-corrected chi connectivity index (χ3v) is 3.45. The maximum Gasteiger partial charge on any atom is 0.153 e. The molecule has 0 saturated carbocycles. The average molecular weight is 271 g/mol. The molecular formula is C15H33N3O. The van der Waals surface area contributed by atoms with Gasteiger partial charge in [0.25, 0.3) is 0 Å². The molecule has 0 heterocycles. The number of unbranched alkanes of at least 4 members (excludes halogenated alkanes) is 9. The lowest BCUT2D eigenvalue weighted by Gasteiger charge is -2.15. The molecule has 0 unspecified atom stereocenters. The molecule has 0 aliphatic heterocycles. The number of hydrogen-bond acceptors (Lipinski definition) is 3. The topological polar surface area (TPSA) is 61.8 Å². The number of hydrogen-bond donors (Lipinski definition) is 2. The summed E-state index contributed by atoms with van der Waals surface area (Å²) in [6, 6.07) is 0. The van der Waals surface area contributed by atoms with Gasteiger partial charge in [-0.1, -0.05) is 69.9 Å². The Bertz CT molecular complexity index is 219. The number of nitrogens with two attached hydrogens (primary N) is 1. The van der Waals surface area contributed by atoms with Crippen LogP contribution in [0.1, 0.15) is 71.1 Å². The van der Waals surface area contributed by atoms with Gasteiger partial charge in [-0.2, -0.15) is 0 Å². The minimum Gasteiger partial charge on any atom is -0.409 e. The summed E-state index contributed by atoms with van der Waals surface area (Å²) in [5.41, 5.74) is 5.45. The van der Waals surface area contributed by atoms with Crippen LogP contribution < -0.4 is 5.73 Å². The van der Waals surface area contributed by atoms with E-state index in [9.17, 15) is 0 Å². The molecule has 0 aromatic carbocycles. The Morgan fingerprint density at radius 1 is 0.947 bits per heavy atom. The molecule has 4 nitrogen and oxygen atoms in total. The van der Waals surface area contributed by atoms with Crippen LogP contribution in [-0.2, 0) is 0 Å². The highest BCUT2D eigenvalue weighted by atomic mass is 16.4. The molecule has 0 fully saturated rings. The van der Waals surface area contributed by atoms with Crippen molar-refractivity contribution in [1.29, 1.82) is 0 Å². The quantitative estimate of drug-likeness (QED) is 0.177. The van der Waals surface area contributed by atoms with Crippen molar-refractivity contribution in [2.24, 2.45) is 10.9 Å². The van der Waals surface area contributed by atoms with Gasteiger partial charge in [-0.05, 0) is 20.0 Å². The number of likely N-dealkylation sites (N-methyl/N-ethyl adjacent to an activating group) is 1. The highest BCUT2D eigenvalue weighted by Crippen LogP contribution is 2.10. The van der Waals surface area contributed by atoms with E-state index in [1.54, 1.807) is 0 Å². The fraction of sp³-hybridized carbons (Fsp3) is 0.933. The van der Waals surface area contributed by atoms with Gasteiger partial charge in [-0.15, -0.1) is 0 Å². The molecule has 0 aliphatic carbocycles. The summed E-state index contributed by atoms with van der Waals surface area (Å²) in [4.78, 5) is 2.10. The van der Waals surface area contributed by atoms with Crippen molar-refractivity contribution < 1.29 is 5.21 Å². The molecule has 3 N–H and O–H groups in total. The molecule has 0 aromatic rings. The zero-order valence-corrected chi connectivity index (χ0v) is 12.9. The van der Waals surface area contributed by atoms with E-state index in [0.717, 1.165) is 6.54 Å². The van der Waals surface area contributed by atoms with Crippen LogP contribution in [0.25, 0.3) is 0 Å². The average Bonchev–Trinajstić information content (AvgIpc) is 2.40. The van der Waals surface area contributed by atoms with E-state index in [1.165, 1.54) is 64.2 Å². The van der Waals surface area contributed by atoms with Crippen molar-refractivity contribution in [3.63, 3.8) is 0 Å². The zero-order valence-electron chi connectivity index (χ0n) is 12.9. The number of oxime groups is 1. The Kier molecular flexibility index (Phi) is 13.1. The van der Waals surface area contributed by atoms with Crippen LogP contribution >= 0.6 is 0 Å². The van der Waals surface area contributed by atoms with Gasteiger partial charge in [0.2, 0.25) is 0 Å². The van der Waals surface area contributed by atoms with Crippen LogP contribution in [0.3, 0.4) is 0 Å². The van der Waals surface area contributed by atoms with E-state index in [4.69, 9.17) is 10.9 Å². The van der Waals surface area contributed by atoms with Crippen LogP contribution in [-0.4, -0.2) is 36.1 Å². The maximum atomic E-state index is 8.47. The highest BCUT2D eigenvalue weighted by Gasteiger charge is 2.01. The van der Waals surface area contributed by atoms with E-state index in [0.29, 0.717) is 6.54 Å². The number of nitrogens with zero attached hydrogens (tertiary/aromatic N) is 2. The van der Waals surface area contributed by atoms with Gasteiger partial charge < -0.3 is 10.9 Å². The third-order valence-electron chi connectivity index (χ3n) is 3.45. The molecule has 0 aliphatic rings. The van der Waals surface area contributed by atoms with E-state index in [1.807, 2.05) is 7.05 Å². The predicted molar refractivity (Wildman–Crippen MR) is 82.7 cm³/mol. The van der Waals surface area contributed by atoms with Gasteiger partial charge in [0.1, 0.15) is 0 Å². The smallest absolute Gasteiger partial charge is 0.153 e. The van der Waals surface area contributed by atoms with Crippen molar-refractivity contribution in [3.8, 4) is 0 Å². The largest absolute Gasteiger partial charge is 0.409 e. The fourth-order valence-electron chi connectivity index (χ4n) is 2.26. The molecule has 0 aromatic heterocycles. The highest BCUT2D eigenvalue weighted by molar-refractivity contribution is 5.81. The molecule has 0 rings (SSSR count). The Labute approximate surface area is 119 Å². The first-order valence-electron chi connectivity index (χ1n) is 7.85. The molecule has 0 amide bonds. The van der Waals surface area contributed by atoms with Gasteiger partial charge >= 0.3 is 0 Å². The van der Waals surface area contributed by atoms with Crippen molar-refractivity contribution in [2.75, 3.05) is 20.1 Å². The van der Waals surface area contributed by atoms with Crippen molar-refractivity contribution >= 4 is 5.84 Å². The van der Waals surface area contributed by atoms with Gasteiger partial charge in [-0.3, -0.25) is 4.90 Å². The lowest BCUT2D eigenvalue weighted by Crippen LogP contribution is -2.31. The van der Waals surface area contributed by atoms with Crippen molar-refractivity contribution in [3.05, 3.63) is 0 Å². The van der Waals surface area contributed by atoms with Crippen LogP contribution in [0.15, 0.2) is 5.16 Å². The molecule has 0 saturated heterocycles. The second-order valence-corrected chi connectivity index (χ2v) is 5.51. The monoisotopic (exact) mass is 271 g/mol. The summed E-state index contributed by atoms with van der Waals surface area (Å²) in [6.07, 6.45) is 13.5. The van der Waals surface area contributed by atoms with Gasteiger partial charge in [0, 0.05) is 0 Å². The number of rotatable bonds is 13. The second-order valence-electron chi connectivity index (χ2n) is 5.51. The molecule has 0 atom stereocenters. The third kappa shape index (κ3) is 13.5. The molecule has 0 spiro atoms. The Hall–Kier alpha value is -0.770. The summed E-state index contributed by atoms with van der Waals surface area (Å²) in [7, 11) is 2.01.